The van der Waals surface area contributed by atoms with Crippen LogP contribution in [-0.2, 0) is 26.1 Å². The van der Waals surface area contributed by atoms with E-state index in [0.717, 1.165) is 18.6 Å². The normalized spacial score (nSPS) is 12.2. The van der Waals surface area contributed by atoms with Gasteiger partial charge in [0.05, 0.1) is 18.4 Å². The van der Waals surface area contributed by atoms with Gasteiger partial charge in [-0.3, -0.25) is 0 Å². The summed E-state index contributed by atoms with van der Waals surface area (Å²) in [4.78, 5) is 0. The summed E-state index contributed by atoms with van der Waals surface area (Å²) in [5.41, 5.74) is 0.406. The maximum absolute atomic E-state index is 11.0. The van der Waals surface area contributed by atoms with E-state index in [2.05, 4.69) is 4.18 Å². The fourth-order valence-electron chi connectivity index (χ4n) is 1.11. The first-order valence-electron chi connectivity index (χ1n) is 4.58. The molecule has 1 rings (SSSR count). The minimum atomic E-state index is -3.73. The third kappa shape index (κ3) is 5.11. The fourth-order valence-corrected chi connectivity index (χ4v) is 2.27. The molecule has 0 saturated heterocycles. The summed E-state index contributed by atoms with van der Waals surface area (Å²) >= 11 is 5.61. The Hall–Kier alpha value is -0.990. The summed E-state index contributed by atoms with van der Waals surface area (Å²) in [5, 5.41) is 0. The van der Waals surface area contributed by atoms with Gasteiger partial charge in [0.25, 0.3) is 0 Å². The molecule has 0 bridgehead atoms. The van der Waals surface area contributed by atoms with Crippen molar-refractivity contribution in [2.24, 2.45) is 0 Å². The zero-order chi connectivity index (χ0) is 14.0. The number of benzene rings is 1. The molecule has 0 aliphatic carbocycles. The molecule has 0 aliphatic rings. The van der Waals surface area contributed by atoms with Gasteiger partial charge >= 0.3 is 20.2 Å². The van der Waals surface area contributed by atoms with Crippen molar-refractivity contribution in [1.82, 2.24) is 0 Å². The van der Waals surface area contributed by atoms with Gasteiger partial charge < -0.3 is 8.37 Å². The largest absolute Gasteiger partial charge is 0.382 e. The van der Waals surface area contributed by atoms with Crippen molar-refractivity contribution in [1.29, 1.82) is 0 Å². The minimum absolute atomic E-state index is 0.0179. The Balaban J connectivity index is 3.17. The SMILES string of the molecule is CS(=O)(=O)Oc1ccc(CCl)c(OS(C)(=O)=O)c1. The topological polar surface area (TPSA) is 86.7 Å². The molecule has 0 spiro atoms. The summed E-state index contributed by atoms with van der Waals surface area (Å²) in [6.07, 6.45) is 1.74. The van der Waals surface area contributed by atoms with Crippen LogP contribution in [0.1, 0.15) is 5.56 Å². The summed E-state index contributed by atoms with van der Waals surface area (Å²) < 4.78 is 53.3. The first-order chi connectivity index (χ1) is 8.11. The van der Waals surface area contributed by atoms with Gasteiger partial charge in [0, 0.05) is 11.6 Å². The number of hydrogen-bond acceptors (Lipinski definition) is 6. The van der Waals surface area contributed by atoms with Gasteiger partial charge in [0.15, 0.2) is 5.75 Å². The van der Waals surface area contributed by atoms with Crippen LogP contribution >= 0.6 is 11.6 Å². The standard InChI is InChI=1S/C9H11ClO6S2/c1-17(11,12)15-8-4-3-7(6-10)9(5-8)16-18(2,13)14/h3-5H,6H2,1-2H3. The smallest absolute Gasteiger partial charge is 0.306 e. The van der Waals surface area contributed by atoms with E-state index in [0.29, 0.717) is 5.56 Å². The molecule has 0 fully saturated rings. The maximum atomic E-state index is 11.0. The molecule has 1 aromatic rings. The number of alkyl halides is 1. The van der Waals surface area contributed by atoms with E-state index in [-0.39, 0.29) is 17.4 Å². The van der Waals surface area contributed by atoms with Crippen LogP contribution in [0.5, 0.6) is 11.5 Å². The summed E-state index contributed by atoms with van der Waals surface area (Å²) in [6, 6.07) is 3.93. The van der Waals surface area contributed by atoms with E-state index in [1.807, 2.05) is 0 Å². The van der Waals surface area contributed by atoms with Crippen molar-refractivity contribution in [3.63, 3.8) is 0 Å². The molecule has 0 saturated carbocycles. The molecule has 6 nitrogen and oxygen atoms in total. The van der Waals surface area contributed by atoms with Crippen molar-refractivity contribution >= 4 is 31.8 Å². The molecule has 0 N–H and O–H groups in total. The summed E-state index contributed by atoms with van der Waals surface area (Å²) in [5.74, 6) is -0.0945. The first kappa shape index (κ1) is 15.1. The highest BCUT2D eigenvalue weighted by Gasteiger charge is 2.13. The second kappa shape index (κ2) is 5.33. The average Bonchev–Trinajstić information content (AvgIpc) is 2.12. The third-order valence-corrected chi connectivity index (χ3v) is 2.94. The lowest BCUT2D eigenvalue weighted by Crippen LogP contribution is -2.09. The molecule has 18 heavy (non-hydrogen) atoms. The van der Waals surface area contributed by atoms with Crippen molar-refractivity contribution < 1.29 is 25.2 Å². The fraction of sp³-hybridized carbons (Fsp3) is 0.333. The van der Waals surface area contributed by atoms with E-state index in [4.69, 9.17) is 15.8 Å². The average molecular weight is 315 g/mol. The number of hydrogen-bond donors (Lipinski definition) is 0. The van der Waals surface area contributed by atoms with Crippen LogP contribution in [0.2, 0.25) is 0 Å². The molecular weight excluding hydrogens is 304 g/mol. The maximum Gasteiger partial charge on any atom is 0.306 e. The highest BCUT2D eigenvalue weighted by atomic mass is 35.5. The van der Waals surface area contributed by atoms with Gasteiger partial charge in [0.2, 0.25) is 0 Å². The molecule has 9 heteroatoms. The molecule has 0 amide bonds. The van der Waals surface area contributed by atoms with Gasteiger partial charge in [-0.15, -0.1) is 11.6 Å². The number of halogens is 1. The summed E-state index contributed by atoms with van der Waals surface area (Å²) in [7, 11) is -7.43. The molecule has 0 aliphatic heterocycles. The quantitative estimate of drug-likeness (QED) is 0.597. The van der Waals surface area contributed by atoms with E-state index in [1.165, 1.54) is 12.1 Å². The van der Waals surface area contributed by atoms with Crippen LogP contribution in [0, 0.1) is 0 Å². The molecule has 0 atom stereocenters. The van der Waals surface area contributed by atoms with Crippen LogP contribution in [0.25, 0.3) is 0 Å². The van der Waals surface area contributed by atoms with Gasteiger partial charge in [0.1, 0.15) is 5.75 Å². The van der Waals surface area contributed by atoms with Crippen LogP contribution in [0.4, 0.5) is 0 Å². The van der Waals surface area contributed by atoms with Gasteiger partial charge in [-0.2, -0.15) is 16.8 Å². The second-order valence-corrected chi connectivity index (χ2v) is 6.90. The lowest BCUT2D eigenvalue weighted by Gasteiger charge is -2.09. The highest BCUT2D eigenvalue weighted by Crippen LogP contribution is 2.27. The van der Waals surface area contributed by atoms with E-state index >= 15 is 0 Å². The molecular formula is C9H11ClO6S2. The van der Waals surface area contributed by atoms with Gasteiger partial charge in [-0.1, -0.05) is 6.07 Å². The van der Waals surface area contributed by atoms with Crippen LogP contribution in [0.3, 0.4) is 0 Å². The van der Waals surface area contributed by atoms with Crippen molar-refractivity contribution in [2.45, 2.75) is 5.88 Å². The Morgan fingerprint density at radius 2 is 1.61 bits per heavy atom. The second-order valence-electron chi connectivity index (χ2n) is 3.48. The molecule has 102 valence electrons. The van der Waals surface area contributed by atoms with Crippen molar-refractivity contribution in [3.05, 3.63) is 23.8 Å². The van der Waals surface area contributed by atoms with Gasteiger partial charge in [-0.05, 0) is 6.07 Å². The minimum Gasteiger partial charge on any atom is -0.382 e. The Bertz CT molecular complexity index is 635. The predicted molar refractivity (Wildman–Crippen MR) is 66.9 cm³/mol. The lowest BCUT2D eigenvalue weighted by atomic mass is 10.2. The van der Waals surface area contributed by atoms with E-state index in [9.17, 15) is 16.8 Å². The van der Waals surface area contributed by atoms with E-state index in [1.54, 1.807) is 0 Å². The first-order valence-corrected chi connectivity index (χ1v) is 8.75. The van der Waals surface area contributed by atoms with Crippen molar-refractivity contribution in [2.75, 3.05) is 12.5 Å². The zero-order valence-corrected chi connectivity index (χ0v) is 12.0. The molecule has 0 unspecified atom stereocenters. The molecule has 1 aromatic carbocycles. The third-order valence-electron chi connectivity index (χ3n) is 1.67. The Kier molecular flexibility index (Phi) is 4.46. The van der Waals surface area contributed by atoms with Gasteiger partial charge in [-0.25, -0.2) is 0 Å². The lowest BCUT2D eigenvalue weighted by molar-refractivity contribution is 0.481. The van der Waals surface area contributed by atoms with E-state index < -0.39 is 20.2 Å². The monoisotopic (exact) mass is 314 g/mol. The van der Waals surface area contributed by atoms with Crippen molar-refractivity contribution in [3.8, 4) is 11.5 Å². The van der Waals surface area contributed by atoms with Crippen LogP contribution < -0.4 is 8.37 Å². The molecule has 0 heterocycles. The zero-order valence-electron chi connectivity index (χ0n) is 9.58. The highest BCUT2D eigenvalue weighted by molar-refractivity contribution is 7.86. The predicted octanol–water partition coefficient (Wildman–Crippen LogP) is 1.10. The molecule has 0 radical (unpaired) electrons. The van der Waals surface area contributed by atoms with Crippen LogP contribution in [-0.4, -0.2) is 29.3 Å². The Labute approximate surface area is 111 Å². The molecule has 0 aromatic heterocycles. The Morgan fingerprint density at radius 1 is 1.06 bits per heavy atom. The Morgan fingerprint density at radius 3 is 2.06 bits per heavy atom. The van der Waals surface area contributed by atoms with Crippen LogP contribution in [0.15, 0.2) is 18.2 Å². The number of rotatable bonds is 5. The summed E-state index contributed by atoms with van der Waals surface area (Å²) in [6.45, 7) is 0.